The first-order valence-corrected chi connectivity index (χ1v) is 11.9. The van der Waals surface area contributed by atoms with Gasteiger partial charge in [-0.1, -0.05) is 13.0 Å². The van der Waals surface area contributed by atoms with Crippen LogP contribution in [-0.2, 0) is 35.4 Å². The summed E-state index contributed by atoms with van der Waals surface area (Å²) in [6.07, 6.45) is 8.34. The Bertz CT molecular complexity index is 940. The zero-order valence-corrected chi connectivity index (χ0v) is 17.4. The second-order valence-corrected chi connectivity index (χ2v) is 10.3. The van der Waals surface area contributed by atoms with Gasteiger partial charge in [-0.25, -0.2) is 9.00 Å². The average Bonchev–Trinajstić information content (AvgIpc) is 3.40. The number of anilines is 1. The number of fused-ring (bicyclic) bond motifs is 2. The molecule has 1 aliphatic heterocycles. The second kappa shape index (κ2) is 7.31. The smallest absolute Gasteiger partial charge is 0.319 e. The molecule has 0 saturated carbocycles. The van der Waals surface area contributed by atoms with Gasteiger partial charge in [-0.3, -0.25) is 4.72 Å². The zero-order valence-electron chi connectivity index (χ0n) is 16.6. The zero-order chi connectivity index (χ0) is 20.8. The van der Waals surface area contributed by atoms with Crippen LogP contribution in [0.3, 0.4) is 0 Å². The molecule has 2 atom stereocenters. The third-order valence-electron chi connectivity index (χ3n) is 6.17. The minimum atomic E-state index is -3.13. The minimum absolute atomic E-state index is 0.139. The van der Waals surface area contributed by atoms with Crippen molar-refractivity contribution >= 4 is 27.3 Å². The number of alkyl halides is 2. The van der Waals surface area contributed by atoms with E-state index in [1.807, 2.05) is 0 Å². The standard InChI is InChI=1S/C21H27F2N3O2S/c1-3-21(22,23)26-11-10-16(13-26)29(2,28)25-20(27)24-19-17-8-4-6-14(17)12-15-7-5-9-18(15)19/h10-12,16H,2-9,13H2,1H3,(H2,24,25,27,28). The van der Waals surface area contributed by atoms with Gasteiger partial charge in [-0.05, 0) is 72.7 Å². The predicted molar refractivity (Wildman–Crippen MR) is 113 cm³/mol. The molecule has 3 aliphatic rings. The number of aryl methyl sites for hydroxylation is 2. The molecule has 2 unspecified atom stereocenters. The lowest BCUT2D eigenvalue weighted by Crippen LogP contribution is -2.44. The highest BCUT2D eigenvalue weighted by Crippen LogP contribution is 2.38. The van der Waals surface area contributed by atoms with Crippen molar-refractivity contribution in [1.29, 1.82) is 0 Å². The van der Waals surface area contributed by atoms with Crippen molar-refractivity contribution < 1.29 is 17.8 Å². The fraction of sp³-hybridized carbons (Fsp3) is 0.524. The van der Waals surface area contributed by atoms with Crippen LogP contribution in [0.1, 0.15) is 48.4 Å². The summed E-state index contributed by atoms with van der Waals surface area (Å²) in [5.41, 5.74) is 5.76. The van der Waals surface area contributed by atoms with Crippen LogP contribution in [0.15, 0.2) is 18.3 Å². The number of carbonyl (C=O) groups excluding carboxylic acids is 1. The van der Waals surface area contributed by atoms with Crippen LogP contribution in [0.5, 0.6) is 0 Å². The second-order valence-electron chi connectivity index (χ2n) is 8.07. The van der Waals surface area contributed by atoms with Crippen molar-refractivity contribution in [1.82, 2.24) is 9.62 Å². The third kappa shape index (κ3) is 3.74. The molecule has 0 aromatic heterocycles. The van der Waals surface area contributed by atoms with E-state index in [-0.39, 0.29) is 13.0 Å². The van der Waals surface area contributed by atoms with Gasteiger partial charge in [0.2, 0.25) is 0 Å². The van der Waals surface area contributed by atoms with Gasteiger partial charge in [0, 0.05) is 24.9 Å². The molecule has 0 fully saturated rings. The number of urea groups is 1. The van der Waals surface area contributed by atoms with Gasteiger partial charge in [0.05, 0.1) is 15.0 Å². The van der Waals surface area contributed by atoms with Crippen LogP contribution in [0.2, 0.25) is 0 Å². The van der Waals surface area contributed by atoms with E-state index in [0.29, 0.717) is 0 Å². The molecule has 0 bridgehead atoms. The summed E-state index contributed by atoms with van der Waals surface area (Å²) >= 11 is 0. The number of hydrogen-bond donors (Lipinski definition) is 2. The molecule has 4 rings (SSSR count). The van der Waals surface area contributed by atoms with E-state index in [4.69, 9.17) is 0 Å². The molecule has 29 heavy (non-hydrogen) atoms. The summed E-state index contributed by atoms with van der Waals surface area (Å²) in [6.45, 7) is 1.25. The molecule has 0 spiro atoms. The lowest BCUT2D eigenvalue weighted by molar-refractivity contribution is -0.119. The molecule has 8 heteroatoms. The first-order valence-electron chi connectivity index (χ1n) is 10.2. The Morgan fingerprint density at radius 3 is 2.45 bits per heavy atom. The van der Waals surface area contributed by atoms with Crippen LogP contribution < -0.4 is 10.0 Å². The number of nitrogens with one attached hydrogen (secondary N) is 2. The highest BCUT2D eigenvalue weighted by Gasteiger charge is 2.38. The van der Waals surface area contributed by atoms with Crippen LogP contribution in [0, 0.1) is 0 Å². The Morgan fingerprint density at radius 2 is 1.86 bits per heavy atom. The largest absolute Gasteiger partial charge is 0.330 e. The van der Waals surface area contributed by atoms with Gasteiger partial charge in [0.25, 0.3) is 0 Å². The van der Waals surface area contributed by atoms with E-state index >= 15 is 0 Å². The topological polar surface area (TPSA) is 61.4 Å². The van der Waals surface area contributed by atoms with Crippen LogP contribution in [-0.4, -0.2) is 38.9 Å². The van der Waals surface area contributed by atoms with E-state index in [2.05, 4.69) is 22.0 Å². The monoisotopic (exact) mass is 423 g/mol. The SMILES string of the molecule is C=S(=O)(NC(=O)Nc1c2c(cc3c1CCC3)CCC2)C1C=CN(C(F)(F)CC)C1. The molecule has 2 aliphatic carbocycles. The summed E-state index contributed by atoms with van der Waals surface area (Å²) in [6, 6.07) is -1.33. The van der Waals surface area contributed by atoms with Crippen molar-refractivity contribution in [2.75, 3.05) is 11.9 Å². The number of carbonyl (C=O) groups is 1. The van der Waals surface area contributed by atoms with Gasteiger partial charge < -0.3 is 10.2 Å². The summed E-state index contributed by atoms with van der Waals surface area (Å²) in [7, 11) is -3.13. The number of hydrogen-bond acceptors (Lipinski definition) is 3. The van der Waals surface area contributed by atoms with Gasteiger partial charge in [0.1, 0.15) is 0 Å². The fourth-order valence-corrected chi connectivity index (χ4v) is 5.79. The van der Waals surface area contributed by atoms with Crippen molar-refractivity contribution in [3.05, 3.63) is 40.6 Å². The first kappa shape index (κ1) is 20.2. The van der Waals surface area contributed by atoms with Crippen LogP contribution in [0.4, 0.5) is 19.3 Å². The number of amides is 2. The van der Waals surface area contributed by atoms with E-state index in [1.54, 1.807) is 0 Å². The van der Waals surface area contributed by atoms with Crippen molar-refractivity contribution in [3.8, 4) is 0 Å². The minimum Gasteiger partial charge on any atom is -0.319 e. The third-order valence-corrected chi connectivity index (χ3v) is 7.98. The Hall–Kier alpha value is -2.09. The van der Waals surface area contributed by atoms with Crippen molar-refractivity contribution in [2.24, 2.45) is 0 Å². The van der Waals surface area contributed by atoms with Crippen molar-refractivity contribution in [2.45, 2.75) is 63.2 Å². The maximum Gasteiger partial charge on any atom is 0.330 e. The van der Waals surface area contributed by atoms with Crippen LogP contribution >= 0.6 is 0 Å². The molecule has 158 valence electrons. The Kier molecular flexibility index (Phi) is 5.09. The number of benzene rings is 1. The fourth-order valence-electron chi connectivity index (χ4n) is 4.55. The lowest BCUT2D eigenvalue weighted by Gasteiger charge is -2.28. The van der Waals surface area contributed by atoms with E-state index in [9.17, 15) is 17.8 Å². The molecule has 2 N–H and O–H groups in total. The van der Waals surface area contributed by atoms with E-state index in [0.717, 1.165) is 49.1 Å². The quantitative estimate of drug-likeness (QED) is 0.562. The molecule has 1 aromatic carbocycles. The maximum absolute atomic E-state index is 13.9. The van der Waals surface area contributed by atoms with Gasteiger partial charge in [-0.2, -0.15) is 8.78 Å². The maximum atomic E-state index is 13.9. The highest BCUT2D eigenvalue weighted by atomic mass is 32.2. The van der Waals surface area contributed by atoms with Gasteiger partial charge in [-0.15, -0.1) is 0 Å². The molecule has 2 amide bonds. The summed E-state index contributed by atoms with van der Waals surface area (Å²) in [4.78, 5) is 13.6. The highest BCUT2D eigenvalue weighted by molar-refractivity contribution is 7.99. The Labute approximate surface area is 170 Å². The number of nitrogens with zero attached hydrogens (tertiary/aromatic N) is 1. The predicted octanol–water partition coefficient (Wildman–Crippen LogP) is 3.62. The van der Waals surface area contributed by atoms with Gasteiger partial charge >= 0.3 is 12.1 Å². The Balaban J connectivity index is 1.48. The molecule has 0 radical (unpaired) electrons. The van der Waals surface area contributed by atoms with Crippen LogP contribution in [0.25, 0.3) is 0 Å². The molecule has 0 saturated heterocycles. The molecule has 5 nitrogen and oxygen atoms in total. The average molecular weight is 424 g/mol. The summed E-state index contributed by atoms with van der Waals surface area (Å²) in [5, 5.41) is 2.15. The molecule has 1 heterocycles. The first-order chi connectivity index (χ1) is 13.7. The Morgan fingerprint density at radius 1 is 1.24 bits per heavy atom. The van der Waals surface area contributed by atoms with Gasteiger partial charge in [0.15, 0.2) is 0 Å². The molecule has 1 aromatic rings. The molecular formula is C21H27F2N3O2S. The normalized spacial score (nSPS) is 22.3. The number of rotatable bonds is 5. The summed E-state index contributed by atoms with van der Waals surface area (Å²) in [5.74, 6) is 3.65. The van der Waals surface area contributed by atoms with E-state index < -0.39 is 27.0 Å². The summed E-state index contributed by atoms with van der Waals surface area (Å²) < 4.78 is 43.2. The number of halogens is 2. The molecular weight excluding hydrogens is 396 g/mol. The van der Waals surface area contributed by atoms with E-state index in [1.165, 1.54) is 41.5 Å². The van der Waals surface area contributed by atoms with Crippen molar-refractivity contribution in [3.63, 3.8) is 0 Å². The lowest BCUT2D eigenvalue weighted by atomic mass is 9.99.